The van der Waals surface area contributed by atoms with Gasteiger partial charge in [0.15, 0.2) is 0 Å². The third kappa shape index (κ3) is 4.66. The number of aromatic nitrogens is 4. The Morgan fingerprint density at radius 3 is 2.52 bits per heavy atom. The lowest BCUT2D eigenvalue weighted by atomic mass is 10.2. The zero-order valence-corrected chi connectivity index (χ0v) is 17.7. The second-order valence-electron chi connectivity index (χ2n) is 6.79. The smallest absolute Gasteiger partial charge is 0.226 e. The van der Waals surface area contributed by atoms with Crippen molar-refractivity contribution in [2.45, 2.75) is 47.2 Å². The number of carbonyl (C=O) groups excluding carboxylic acids is 1. The highest BCUT2D eigenvalue weighted by Crippen LogP contribution is 2.20. The van der Waals surface area contributed by atoms with E-state index in [1.54, 1.807) is 0 Å². The van der Waals surface area contributed by atoms with Crippen LogP contribution in [0.5, 0.6) is 0 Å². The van der Waals surface area contributed by atoms with Crippen molar-refractivity contribution in [1.82, 2.24) is 19.6 Å². The van der Waals surface area contributed by atoms with Crippen molar-refractivity contribution in [2.75, 3.05) is 5.32 Å². The van der Waals surface area contributed by atoms with Gasteiger partial charge in [-0.15, -0.1) is 0 Å². The average molecular weight is 430 g/mol. The lowest BCUT2D eigenvalue weighted by Crippen LogP contribution is -2.16. The highest BCUT2D eigenvalue weighted by Gasteiger charge is 2.11. The van der Waals surface area contributed by atoms with E-state index in [1.807, 2.05) is 61.3 Å². The second-order valence-corrected chi connectivity index (χ2v) is 7.58. The van der Waals surface area contributed by atoms with Gasteiger partial charge in [-0.25, -0.2) is 0 Å². The van der Waals surface area contributed by atoms with E-state index in [1.165, 1.54) is 0 Å². The molecule has 3 rings (SSSR count). The van der Waals surface area contributed by atoms with Gasteiger partial charge in [0.25, 0.3) is 0 Å². The van der Waals surface area contributed by atoms with Gasteiger partial charge < -0.3 is 5.32 Å². The van der Waals surface area contributed by atoms with Gasteiger partial charge >= 0.3 is 0 Å². The van der Waals surface area contributed by atoms with Crippen molar-refractivity contribution in [3.05, 3.63) is 63.1 Å². The molecule has 0 unspecified atom stereocenters. The fourth-order valence-electron chi connectivity index (χ4n) is 3.08. The summed E-state index contributed by atoms with van der Waals surface area (Å²) in [5, 5.41) is 11.9. The summed E-state index contributed by atoms with van der Waals surface area (Å²) in [6, 6.07) is 9.95. The Labute approximate surface area is 167 Å². The molecule has 2 aromatic heterocycles. The average Bonchev–Trinajstić information content (AvgIpc) is 3.06. The molecule has 0 aliphatic heterocycles. The number of benzene rings is 1. The molecule has 0 radical (unpaired) electrons. The molecular weight excluding hydrogens is 406 g/mol. The first-order valence-corrected chi connectivity index (χ1v) is 9.72. The molecule has 2 heterocycles. The highest BCUT2D eigenvalue weighted by molar-refractivity contribution is 9.10. The van der Waals surface area contributed by atoms with E-state index in [0.717, 1.165) is 38.5 Å². The van der Waals surface area contributed by atoms with E-state index in [0.29, 0.717) is 19.5 Å². The van der Waals surface area contributed by atoms with Crippen LogP contribution in [0.1, 0.15) is 34.8 Å². The van der Waals surface area contributed by atoms with Crippen LogP contribution in [-0.4, -0.2) is 25.5 Å². The second kappa shape index (κ2) is 8.08. The van der Waals surface area contributed by atoms with E-state index in [-0.39, 0.29) is 5.91 Å². The van der Waals surface area contributed by atoms with Gasteiger partial charge in [0, 0.05) is 23.5 Å². The third-order valence-corrected chi connectivity index (χ3v) is 5.64. The number of nitrogens with zero attached hydrogens (tertiary/aromatic N) is 4. The van der Waals surface area contributed by atoms with E-state index >= 15 is 0 Å². The van der Waals surface area contributed by atoms with Crippen LogP contribution in [0.15, 0.2) is 34.8 Å². The minimum absolute atomic E-state index is 0.0260. The van der Waals surface area contributed by atoms with E-state index in [4.69, 9.17) is 0 Å². The number of carbonyl (C=O) groups is 1. The molecule has 3 aromatic rings. The van der Waals surface area contributed by atoms with Gasteiger partial charge in [-0.05, 0) is 67.4 Å². The molecule has 142 valence electrons. The fourth-order valence-corrected chi connectivity index (χ4v) is 3.36. The molecule has 0 aliphatic carbocycles. The fraction of sp³-hybridized carbons (Fsp3) is 0.350. The Hall–Kier alpha value is -2.41. The van der Waals surface area contributed by atoms with Crippen LogP contribution in [0, 0.1) is 27.7 Å². The van der Waals surface area contributed by atoms with Crippen molar-refractivity contribution in [3.63, 3.8) is 0 Å². The van der Waals surface area contributed by atoms with Gasteiger partial charge in [0.05, 0.1) is 29.0 Å². The first-order chi connectivity index (χ1) is 12.8. The van der Waals surface area contributed by atoms with Crippen LogP contribution < -0.4 is 5.32 Å². The molecule has 0 saturated carbocycles. The number of halogens is 1. The number of rotatable bonds is 6. The molecule has 6 nitrogen and oxygen atoms in total. The predicted molar refractivity (Wildman–Crippen MR) is 110 cm³/mol. The Balaban J connectivity index is 1.61. The third-order valence-electron chi connectivity index (χ3n) is 4.49. The summed E-state index contributed by atoms with van der Waals surface area (Å²) in [6.07, 6.45) is 0.371. The monoisotopic (exact) mass is 429 g/mol. The quantitative estimate of drug-likeness (QED) is 0.639. The molecule has 0 aliphatic rings. The minimum atomic E-state index is -0.0260. The lowest BCUT2D eigenvalue weighted by molar-refractivity contribution is -0.116. The van der Waals surface area contributed by atoms with E-state index in [2.05, 4.69) is 37.5 Å². The van der Waals surface area contributed by atoms with E-state index < -0.39 is 0 Å². The topological polar surface area (TPSA) is 64.7 Å². The number of nitrogens with one attached hydrogen (secondary N) is 1. The van der Waals surface area contributed by atoms with Gasteiger partial charge in [-0.3, -0.25) is 14.2 Å². The maximum atomic E-state index is 12.3. The van der Waals surface area contributed by atoms with Crippen molar-refractivity contribution in [3.8, 4) is 0 Å². The molecule has 0 bridgehead atoms. The van der Waals surface area contributed by atoms with Crippen molar-refractivity contribution in [2.24, 2.45) is 0 Å². The normalized spacial score (nSPS) is 11.0. The molecule has 1 N–H and O–H groups in total. The summed E-state index contributed by atoms with van der Waals surface area (Å²) in [7, 11) is 0. The number of amides is 1. The number of aryl methyl sites for hydroxylation is 4. The van der Waals surface area contributed by atoms with Gasteiger partial charge in [-0.2, -0.15) is 10.2 Å². The molecule has 0 spiro atoms. The van der Waals surface area contributed by atoms with Gasteiger partial charge in [0.1, 0.15) is 0 Å². The number of hydrogen-bond donors (Lipinski definition) is 1. The highest BCUT2D eigenvalue weighted by atomic mass is 79.9. The molecule has 0 fully saturated rings. The zero-order chi connectivity index (χ0) is 19.6. The van der Waals surface area contributed by atoms with Crippen molar-refractivity contribution >= 4 is 27.5 Å². The van der Waals surface area contributed by atoms with Crippen LogP contribution in [0.2, 0.25) is 0 Å². The van der Waals surface area contributed by atoms with Crippen LogP contribution in [0.4, 0.5) is 5.69 Å². The SMILES string of the molecule is Cc1cc(C)n(Cc2cccc(NC(=O)CCn3nc(C)c(Br)c3C)c2)n1. The maximum Gasteiger partial charge on any atom is 0.226 e. The Morgan fingerprint density at radius 2 is 1.89 bits per heavy atom. The van der Waals surface area contributed by atoms with Crippen LogP contribution >= 0.6 is 15.9 Å². The molecule has 0 atom stereocenters. The molecule has 7 heteroatoms. The molecule has 27 heavy (non-hydrogen) atoms. The first kappa shape index (κ1) is 19.4. The summed E-state index contributed by atoms with van der Waals surface area (Å²) >= 11 is 3.51. The van der Waals surface area contributed by atoms with Crippen LogP contribution in [0.25, 0.3) is 0 Å². The molecule has 1 aromatic carbocycles. The lowest BCUT2D eigenvalue weighted by Gasteiger charge is -2.09. The first-order valence-electron chi connectivity index (χ1n) is 8.93. The summed E-state index contributed by atoms with van der Waals surface area (Å²) in [6.45, 7) is 9.20. The Bertz CT molecular complexity index is 973. The number of anilines is 1. The molecule has 1 amide bonds. The zero-order valence-electron chi connectivity index (χ0n) is 16.1. The predicted octanol–water partition coefficient (Wildman–Crippen LogP) is 4.15. The summed E-state index contributed by atoms with van der Waals surface area (Å²) < 4.78 is 4.83. The molecular formula is C20H24BrN5O. The van der Waals surface area contributed by atoms with E-state index in [9.17, 15) is 4.79 Å². The van der Waals surface area contributed by atoms with Crippen LogP contribution in [-0.2, 0) is 17.9 Å². The standard InChI is InChI=1S/C20H24BrN5O/c1-13-10-14(2)26(23-13)12-17-6-5-7-18(11-17)22-19(27)8-9-25-16(4)20(21)15(3)24-25/h5-7,10-11H,8-9,12H2,1-4H3,(H,22,27). The minimum Gasteiger partial charge on any atom is -0.326 e. The molecule has 0 saturated heterocycles. The summed E-state index contributed by atoms with van der Waals surface area (Å²) in [5.41, 5.74) is 6.00. The largest absolute Gasteiger partial charge is 0.326 e. The van der Waals surface area contributed by atoms with Crippen molar-refractivity contribution in [1.29, 1.82) is 0 Å². The number of hydrogen-bond acceptors (Lipinski definition) is 3. The Kier molecular flexibility index (Phi) is 5.79. The van der Waals surface area contributed by atoms with Crippen molar-refractivity contribution < 1.29 is 4.79 Å². The summed E-state index contributed by atoms with van der Waals surface area (Å²) in [4.78, 5) is 12.3. The maximum absolute atomic E-state index is 12.3. The Morgan fingerprint density at radius 1 is 1.11 bits per heavy atom. The van der Waals surface area contributed by atoms with Gasteiger partial charge in [-0.1, -0.05) is 12.1 Å². The summed E-state index contributed by atoms with van der Waals surface area (Å²) in [5.74, 6) is -0.0260. The van der Waals surface area contributed by atoms with Crippen LogP contribution in [0.3, 0.4) is 0 Å². The van der Waals surface area contributed by atoms with Gasteiger partial charge in [0.2, 0.25) is 5.91 Å².